The van der Waals surface area contributed by atoms with Crippen molar-refractivity contribution in [1.29, 1.82) is 0 Å². The molecule has 4 heteroatoms. The van der Waals surface area contributed by atoms with Crippen molar-refractivity contribution in [1.82, 2.24) is 0 Å². The van der Waals surface area contributed by atoms with E-state index >= 15 is 0 Å². The highest BCUT2D eigenvalue weighted by atomic mass is 32.2. The maximum absolute atomic E-state index is 6.00. The van der Waals surface area contributed by atoms with Gasteiger partial charge in [0.15, 0.2) is 0 Å². The molecule has 0 spiro atoms. The van der Waals surface area contributed by atoms with E-state index in [0.29, 0.717) is 0 Å². The zero-order chi connectivity index (χ0) is 14.8. The van der Waals surface area contributed by atoms with Crippen LogP contribution in [0.3, 0.4) is 0 Å². The lowest BCUT2D eigenvalue weighted by atomic mass is 9.83. The molecular weight excluding hydrogens is 267 g/mol. The number of benzene rings is 1. The monoisotopic (exact) mass is 292 g/mol. The van der Waals surface area contributed by atoms with Gasteiger partial charge in [-0.2, -0.15) is 0 Å². The molecule has 0 saturated carbocycles. The van der Waals surface area contributed by atoms with Crippen LogP contribution in [-0.2, 0) is 9.31 Å². The Labute approximate surface area is 127 Å². The van der Waals surface area contributed by atoms with Crippen molar-refractivity contribution in [3.63, 3.8) is 0 Å². The first-order valence-corrected chi connectivity index (χ1v) is 8.34. The van der Waals surface area contributed by atoms with Crippen molar-refractivity contribution >= 4 is 18.9 Å². The van der Waals surface area contributed by atoms with Gasteiger partial charge in [0.25, 0.3) is 0 Å². The summed E-state index contributed by atoms with van der Waals surface area (Å²) in [4.78, 5) is 1.34. The third kappa shape index (κ3) is 3.81. The maximum Gasteiger partial charge on any atom is 0.457 e. The highest BCUT2D eigenvalue weighted by molar-refractivity contribution is 7.99. The van der Waals surface area contributed by atoms with Gasteiger partial charge in [-0.15, -0.1) is 11.8 Å². The molecule has 0 atom stereocenters. The molecule has 1 aromatic rings. The normalized spacial score (nSPS) is 20.4. The van der Waals surface area contributed by atoms with Crippen LogP contribution in [0.1, 0.15) is 39.7 Å². The van der Waals surface area contributed by atoms with Gasteiger partial charge in [0, 0.05) is 4.90 Å². The molecule has 0 amide bonds. The Morgan fingerprint density at radius 3 is 2.10 bits per heavy atom. The second-order valence-electron chi connectivity index (χ2n) is 6.49. The third-order valence-electron chi connectivity index (χ3n) is 4.18. The van der Waals surface area contributed by atoms with Crippen molar-refractivity contribution in [2.75, 3.05) is 5.75 Å². The van der Waals surface area contributed by atoms with Crippen LogP contribution in [0.15, 0.2) is 29.2 Å². The Morgan fingerprint density at radius 2 is 1.55 bits per heavy atom. The summed E-state index contributed by atoms with van der Waals surface area (Å²) in [7, 11) is -0.0568. The molecule has 1 aromatic carbocycles. The number of hydrogen-bond donors (Lipinski definition) is 0. The lowest BCUT2D eigenvalue weighted by molar-refractivity contribution is 0.00578. The molecule has 0 aromatic heterocycles. The molecule has 1 aliphatic heterocycles. The van der Waals surface area contributed by atoms with Crippen molar-refractivity contribution in [2.45, 2.75) is 63.5 Å². The van der Waals surface area contributed by atoms with Crippen LogP contribution in [-0.4, -0.2) is 24.1 Å². The van der Waals surface area contributed by atoms with Gasteiger partial charge in [0.2, 0.25) is 0 Å². The predicted molar refractivity (Wildman–Crippen MR) is 87.4 cm³/mol. The number of hydrogen-bond acceptors (Lipinski definition) is 3. The van der Waals surface area contributed by atoms with Crippen molar-refractivity contribution in [3.05, 3.63) is 29.8 Å². The van der Waals surface area contributed by atoms with Crippen LogP contribution in [0.2, 0.25) is 6.32 Å². The summed E-state index contributed by atoms with van der Waals surface area (Å²) in [6.07, 6.45) is 2.07. The van der Waals surface area contributed by atoms with Crippen molar-refractivity contribution in [3.8, 4) is 0 Å². The SMILES string of the molecule is Cc1ccc(SCCCB2OC(C)(C)C(C)(C)O2)cc1. The van der Waals surface area contributed by atoms with Crippen LogP contribution in [0.4, 0.5) is 0 Å². The summed E-state index contributed by atoms with van der Waals surface area (Å²) in [5.41, 5.74) is 0.898. The van der Waals surface area contributed by atoms with Gasteiger partial charge >= 0.3 is 7.12 Å². The van der Waals surface area contributed by atoms with Gasteiger partial charge < -0.3 is 9.31 Å². The number of thioether (sulfide) groups is 1. The lowest BCUT2D eigenvalue weighted by Gasteiger charge is -2.32. The number of aryl methyl sites for hydroxylation is 1. The molecule has 0 radical (unpaired) electrons. The first-order valence-electron chi connectivity index (χ1n) is 7.35. The molecule has 1 fully saturated rings. The van der Waals surface area contributed by atoms with E-state index in [1.807, 2.05) is 11.8 Å². The van der Waals surface area contributed by atoms with Gasteiger partial charge in [-0.05, 0) is 65.2 Å². The average molecular weight is 292 g/mol. The quantitative estimate of drug-likeness (QED) is 0.450. The Balaban J connectivity index is 1.71. The highest BCUT2D eigenvalue weighted by Crippen LogP contribution is 2.38. The highest BCUT2D eigenvalue weighted by Gasteiger charge is 2.50. The topological polar surface area (TPSA) is 18.5 Å². The van der Waals surface area contributed by atoms with E-state index in [4.69, 9.17) is 9.31 Å². The molecule has 2 nitrogen and oxygen atoms in total. The second-order valence-corrected chi connectivity index (χ2v) is 7.66. The lowest BCUT2D eigenvalue weighted by Crippen LogP contribution is -2.41. The van der Waals surface area contributed by atoms with Crippen LogP contribution >= 0.6 is 11.8 Å². The van der Waals surface area contributed by atoms with Gasteiger partial charge in [0.05, 0.1) is 11.2 Å². The van der Waals surface area contributed by atoms with E-state index in [2.05, 4.69) is 58.9 Å². The van der Waals surface area contributed by atoms with Crippen LogP contribution in [0.25, 0.3) is 0 Å². The minimum Gasteiger partial charge on any atom is -0.403 e. The molecule has 0 N–H and O–H groups in total. The van der Waals surface area contributed by atoms with E-state index < -0.39 is 0 Å². The molecule has 1 saturated heterocycles. The standard InChI is InChI=1S/C16H25BO2S/c1-13-7-9-14(10-8-13)20-12-6-11-17-18-15(2,3)16(4,5)19-17/h7-10H,6,11-12H2,1-5H3. The summed E-state index contributed by atoms with van der Waals surface area (Å²) in [6.45, 7) is 10.5. The molecule has 1 heterocycles. The summed E-state index contributed by atoms with van der Waals surface area (Å²) in [6, 6.07) is 8.71. The smallest absolute Gasteiger partial charge is 0.403 e. The summed E-state index contributed by atoms with van der Waals surface area (Å²) in [5.74, 6) is 1.10. The first-order chi connectivity index (χ1) is 9.30. The van der Waals surface area contributed by atoms with E-state index in [9.17, 15) is 0 Å². The fourth-order valence-electron chi connectivity index (χ4n) is 2.16. The molecule has 0 unspecified atom stereocenters. The molecule has 2 rings (SSSR count). The average Bonchev–Trinajstić information content (AvgIpc) is 2.56. The molecule has 1 aliphatic rings. The fraction of sp³-hybridized carbons (Fsp3) is 0.625. The summed E-state index contributed by atoms with van der Waals surface area (Å²) >= 11 is 1.90. The van der Waals surface area contributed by atoms with Gasteiger partial charge in [0.1, 0.15) is 0 Å². The number of rotatable bonds is 5. The largest absolute Gasteiger partial charge is 0.457 e. The second kappa shape index (κ2) is 6.12. The van der Waals surface area contributed by atoms with Gasteiger partial charge in [-0.25, -0.2) is 0 Å². The Bertz CT molecular complexity index is 426. The van der Waals surface area contributed by atoms with E-state index in [1.165, 1.54) is 10.5 Å². The summed E-state index contributed by atoms with van der Waals surface area (Å²) < 4.78 is 12.0. The first kappa shape index (κ1) is 15.9. The Hall–Kier alpha value is -0.445. The molecule has 0 aliphatic carbocycles. The summed E-state index contributed by atoms with van der Waals surface area (Å²) in [5, 5.41) is 0. The zero-order valence-electron chi connectivity index (χ0n) is 13.2. The van der Waals surface area contributed by atoms with E-state index in [-0.39, 0.29) is 18.3 Å². The maximum atomic E-state index is 6.00. The van der Waals surface area contributed by atoms with Crippen LogP contribution in [0.5, 0.6) is 0 Å². The van der Waals surface area contributed by atoms with Crippen LogP contribution in [0, 0.1) is 6.92 Å². The predicted octanol–water partition coefficient (Wildman–Crippen LogP) is 4.57. The van der Waals surface area contributed by atoms with Crippen molar-refractivity contribution in [2.24, 2.45) is 0 Å². The van der Waals surface area contributed by atoms with Crippen molar-refractivity contribution < 1.29 is 9.31 Å². The fourth-order valence-corrected chi connectivity index (χ4v) is 3.03. The minimum absolute atomic E-state index is 0.0568. The van der Waals surface area contributed by atoms with Gasteiger partial charge in [-0.1, -0.05) is 17.7 Å². The molecule has 0 bridgehead atoms. The van der Waals surface area contributed by atoms with Gasteiger partial charge in [-0.3, -0.25) is 0 Å². The van der Waals surface area contributed by atoms with E-state index in [0.717, 1.165) is 18.5 Å². The zero-order valence-corrected chi connectivity index (χ0v) is 14.0. The van der Waals surface area contributed by atoms with Crippen LogP contribution < -0.4 is 0 Å². The Kier molecular flexibility index (Phi) is 4.88. The third-order valence-corrected chi connectivity index (χ3v) is 5.27. The molecule has 110 valence electrons. The minimum atomic E-state index is -0.207. The Morgan fingerprint density at radius 1 is 1.00 bits per heavy atom. The van der Waals surface area contributed by atoms with E-state index in [1.54, 1.807) is 0 Å². The molecular formula is C16H25BO2S. The molecule has 20 heavy (non-hydrogen) atoms.